The van der Waals surface area contributed by atoms with Crippen LogP contribution in [0.3, 0.4) is 0 Å². The minimum Gasteiger partial charge on any atom is -0.361 e. The van der Waals surface area contributed by atoms with E-state index in [2.05, 4.69) is 45.1 Å². The summed E-state index contributed by atoms with van der Waals surface area (Å²) in [4.78, 5) is 0. The van der Waals surface area contributed by atoms with Crippen molar-refractivity contribution in [2.45, 2.75) is 71.2 Å². The highest BCUT2D eigenvalue weighted by atomic mass is 16.6. The molecule has 1 saturated heterocycles. The molecule has 21 heavy (non-hydrogen) atoms. The summed E-state index contributed by atoms with van der Waals surface area (Å²) in [5.41, 5.74) is 3.44. The predicted octanol–water partition coefficient (Wildman–Crippen LogP) is 3.13. The van der Waals surface area contributed by atoms with E-state index in [1.165, 1.54) is 11.1 Å². The van der Waals surface area contributed by atoms with E-state index in [1.807, 2.05) is 13.0 Å². The average Bonchev–Trinajstić information content (AvgIpc) is 2.43. The summed E-state index contributed by atoms with van der Waals surface area (Å²) in [5.74, 6) is -1.25. The van der Waals surface area contributed by atoms with Crippen molar-refractivity contribution >= 4 is 0 Å². The molecule has 3 heteroatoms. The molecule has 1 aromatic carbocycles. The number of ether oxygens (including phenoxy) is 1. The Bertz CT molecular complexity index is 498. The van der Waals surface area contributed by atoms with Gasteiger partial charge in [0.2, 0.25) is 5.79 Å². The lowest BCUT2D eigenvalue weighted by Gasteiger charge is -2.46. The lowest BCUT2D eigenvalue weighted by molar-refractivity contribution is -0.263. The van der Waals surface area contributed by atoms with Crippen LogP contribution in [0.15, 0.2) is 18.2 Å². The fourth-order valence-electron chi connectivity index (χ4n) is 3.17. The first-order valence-corrected chi connectivity index (χ1v) is 8.08. The van der Waals surface area contributed by atoms with Crippen molar-refractivity contribution in [2.75, 3.05) is 6.61 Å². The van der Waals surface area contributed by atoms with Crippen molar-refractivity contribution < 1.29 is 9.84 Å². The summed E-state index contributed by atoms with van der Waals surface area (Å²) in [6.07, 6.45) is 3.17. The molecule has 1 aliphatic heterocycles. The van der Waals surface area contributed by atoms with E-state index in [4.69, 9.17) is 4.74 Å². The first kappa shape index (κ1) is 16.5. The summed E-state index contributed by atoms with van der Waals surface area (Å²) < 4.78 is 5.88. The Hall–Kier alpha value is -0.900. The zero-order valence-corrected chi connectivity index (χ0v) is 14.0. The highest BCUT2D eigenvalue weighted by molar-refractivity contribution is 5.35. The third-order valence-electron chi connectivity index (χ3n) is 4.37. The van der Waals surface area contributed by atoms with Crippen molar-refractivity contribution in [3.05, 3.63) is 34.9 Å². The van der Waals surface area contributed by atoms with E-state index in [-0.39, 0.29) is 11.6 Å². The van der Waals surface area contributed by atoms with Gasteiger partial charge < -0.3 is 15.2 Å². The molecule has 1 aromatic rings. The van der Waals surface area contributed by atoms with Crippen LogP contribution in [0.5, 0.6) is 0 Å². The number of nitrogens with one attached hydrogen (secondary N) is 1. The van der Waals surface area contributed by atoms with Gasteiger partial charge in [-0.1, -0.05) is 38.5 Å². The van der Waals surface area contributed by atoms with Crippen LogP contribution in [-0.4, -0.2) is 23.3 Å². The summed E-state index contributed by atoms with van der Waals surface area (Å²) in [6, 6.07) is 6.12. The van der Waals surface area contributed by atoms with Gasteiger partial charge in [0.1, 0.15) is 0 Å². The number of rotatable bonds is 4. The molecule has 0 bridgehead atoms. The van der Waals surface area contributed by atoms with Crippen molar-refractivity contribution in [1.29, 1.82) is 0 Å². The highest BCUT2D eigenvalue weighted by Gasteiger charge is 2.44. The Morgan fingerprint density at radius 3 is 2.57 bits per heavy atom. The second-order valence-electron chi connectivity index (χ2n) is 6.82. The molecule has 118 valence electrons. The molecule has 1 heterocycles. The number of aliphatic hydroxyl groups is 1. The zero-order valence-electron chi connectivity index (χ0n) is 14.0. The Morgan fingerprint density at radius 1 is 1.29 bits per heavy atom. The Kier molecular flexibility index (Phi) is 4.76. The lowest BCUT2D eigenvalue weighted by Crippen LogP contribution is -2.63. The number of aryl methyl sites for hydroxylation is 2. The highest BCUT2D eigenvalue weighted by Crippen LogP contribution is 2.34. The van der Waals surface area contributed by atoms with E-state index in [0.29, 0.717) is 6.61 Å². The molecule has 0 spiro atoms. The van der Waals surface area contributed by atoms with Gasteiger partial charge in [-0.2, -0.15) is 0 Å². The van der Waals surface area contributed by atoms with Crippen LogP contribution >= 0.6 is 0 Å². The van der Waals surface area contributed by atoms with Gasteiger partial charge in [-0.15, -0.1) is 0 Å². The summed E-state index contributed by atoms with van der Waals surface area (Å²) in [5, 5.41) is 14.5. The standard InChI is InChI=1S/C18H29NO2/c1-6-8-15-11-16(10-9-14(15)7-2)18(20)13(3)19-17(4,5)12-21-18/h9-11,13,19-20H,6-8,12H2,1-5H3. The molecule has 2 rings (SSSR count). The lowest BCUT2D eigenvalue weighted by atomic mass is 9.89. The van der Waals surface area contributed by atoms with Crippen LogP contribution in [-0.2, 0) is 23.4 Å². The number of benzene rings is 1. The third-order valence-corrected chi connectivity index (χ3v) is 4.37. The average molecular weight is 291 g/mol. The molecule has 0 radical (unpaired) electrons. The van der Waals surface area contributed by atoms with Crippen LogP contribution in [0.1, 0.15) is 57.7 Å². The van der Waals surface area contributed by atoms with Gasteiger partial charge in [-0.3, -0.25) is 0 Å². The number of hydrogen-bond acceptors (Lipinski definition) is 3. The van der Waals surface area contributed by atoms with Gasteiger partial charge in [0, 0.05) is 11.1 Å². The van der Waals surface area contributed by atoms with Gasteiger partial charge in [0.05, 0.1) is 12.6 Å². The smallest absolute Gasteiger partial charge is 0.208 e. The predicted molar refractivity (Wildman–Crippen MR) is 86.3 cm³/mol. The molecule has 0 aromatic heterocycles. The maximum absolute atomic E-state index is 11.0. The molecule has 0 saturated carbocycles. The molecule has 0 aliphatic carbocycles. The molecule has 0 amide bonds. The monoisotopic (exact) mass is 291 g/mol. The van der Waals surface area contributed by atoms with E-state index in [9.17, 15) is 5.11 Å². The van der Waals surface area contributed by atoms with Crippen molar-refractivity contribution in [1.82, 2.24) is 5.32 Å². The van der Waals surface area contributed by atoms with Gasteiger partial charge in [-0.25, -0.2) is 0 Å². The van der Waals surface area contributed by atoms with Crippen LogP contribution < -0.4 is 5.32 Å². The van der Waals surface area contributed by atoms with E-state index in [1.54, 1.807) is 0 Å². The fourth-order valence-corrected chi connectivity index (χ4v) is 3.17. The molecule has 1 aliphatic rings. The largest absolute Gasteiger partial charge is 0.361 e. The van der Waals surface area contributed by atoms with E-state index in [0.717, 1.165) is 24.8 Å². The minimum absolute atomic E-state index is 0.110. The maximum Gasteiger partial charge on any atom is 0.208 e. The van der Waals surface area contributed by atoms with Crippen LogP contribution in [0.2, 0.25) is 0 Å². The second kappa shape index (κ2) is 6.07. The summed E-state index contributed by atoms with van der Waals surface area (Å²) in [6.45, 7) is 11.0. The van der Waals surface area contributed by atoms with E-state index >= 15 is 0 Å². The quantitative estimate of drug-likeness (QED) is 0.895. The van der Waals surface area contributed by atoms with Crippen LogP contribution in [0.4, 0.5) is 0 Å². The Morgan fingerprint density at radius 2 is 2.00 bits per heavy atom. The minimum atomic E-state index is -1.25. The summed E-state index contributed by atoms with van der Waals surface area (Å²) in [7, 11) is 0. The SMILES string of the molecule is CCCc1cc(C2(O)OCC(C)(C)NC2C)ccc1CC. The van der Waals surface area contributed by atoms with Gasteiger partial charge >= 0.3 is 0 Å². The Balaban J connectivity index is 2.34. The molecule has 2 N–H and O–H groups in total. The maximum atomic E-state index is 11.0. The molecular formula is C18H29NO2. The van der Waals surface area contributed by atoms with Crippen LogP contribution in [0, 0.1) is 0 Å². The zero-order chi connectivity index (χ0) is 15.7. The number of morpholine rings is 1. The third kappa shape index (κ3) is 3.31. The topological polar surface area (TPSA) is 41.5 Å². The van der Waals surface area contributed by atoms with Gasteiger partial charge in [0.15, 0.2) is 0 Å². The normalized spacial score (nSPS) is 28.6. The summed E-state index contributed by atoms with van der Waals surface area (Å²) >= 11 is 0. The molecular weight excluding hydrogens is 262 g/mol. The molecule has 1 fully saturated rings. The van der Waals surface area contributed by atoms with Gasteiger partial charge in [-0.05, 0) is 44.7 Å². The van der Waals surface area contributed by atoms with E-state index < -0.39 is 5.79 Å². The number of hydrogen-bond donors (Lipinski definition) is 2. The molecule has 2 atom stereocenters. The van der Waals surface area contributed by atoms with Crippen LogP contribution in [0.25, 0.3) is 0 Å². The van der Waals surface area contributed by atoms with Crippen molar-refractivity contribution in [3.8, 4) is 0 Å². The Labute approximate surface area is 128 Å². The first-order valence-electron chi connectivity index (χ1n) is 8.08. The van der Waals surface area contributed by atoms with Crippen molar-refractivity contribution in [2.24, 2.45) is 0 Å². The molecule has 2 unspecified atom stereocenters. The van der Waals surface area contributed by atoms with Gasteiger partial charge in [0.25, 0.3) is 0 Å². The molecule has 3 nitrogen and oxygen atoms in total. The first-order chi connectivity index (χ1) is 9.82. The van der Waals surface area contributed by atoms with Crippen molar-refractivity contribution in [3.63, 3.8) is 0 Å². The fraction of sp³-hybridized carbons (Fsp3) is 0.667. The second-order valence-corrected chi connectivity index (χ2v) is 6.82.